The van der Waals surface area contributed by atoms with Crippen LogP contribution in [0.15, 0.2) is 30.5 Å². The number of para-hydroxylation sites is 1. The van der Waals surface area contributed by atoms with Crippen LogP contribution in [0.4, 0.5) is 0 Å². The summed E-state index contributed by atoms with van der Waals surface area (Å²) < 4.78 is 2.82. The maximum atomic E-state index is 2.82. The number of fused-ring (bicyclic) bond motifs is 1. The summed E-state index contributed by atoms with van der Waals surface area (Å²) in [5.41, 5.74) is 5.28. The van der Waals surface area contributed by atoms with Crippen molar-refractivity contribution in [1.82, 2.24) is 9.13 Å². The average molecular weight is 371 g/mol. The lowest BCUT2D eigenvalue weighted by molar-refractivity contribution is 0.256. The molecule has 1 aromatic heterocycles. The minimum absolute atomic E-state index is 0.718. The van der Waals surface area contributed by atoms with Crippen LogP contribution < -0.4 is 0 Å². The third-order valence-electron chi connectivity index (χ3n) is 7.09. The van der Waals surface area contributed by atoms with Crippen molar-refractivity contribution in [3.05, 3.63) is 36.0 Å². The molecular formula is C23H38N2Si. The molecule has 1 aromatic carbocycles. The van der Waals surface area contributed by atoms with Crippen molar-refractivity contribution in [2.24, 2.45) is 0 Å². The van der Waals surface area contributed by atoms with E-state index in [4.69, 9.17) is 0 Å². The highest BCUT2D eigenvalue weighted by molar-refractivity contribution is 6.82. The fourth-order valence-electron chi connectivity index (χ4n) is 6.01. The average Bonchev–Trinajstić information content (AvgIpc) is 2.95. The zero-order chi connectivity index (χ0) is 19.1. The van der Waals surface area contributed by atoms with Crippen molar-refractivity contribution in [3.8, 4) is 0 Å². The first kappa shape index (κ1) is 19.7. The summed E-state index contributed by atoms with van der Waals surface area (Å²) in [7, 11) is 0.540. The van der Waals surface area contributed by atoms with Crippen LogP contribution in [0.2, 0.25) is 16.6 Å². The third-order valence-corrected chi connectivity index (χ3v) is 13.8. The quantitative estimate of drug-likeness (QED) is 0.547. The van der Waals surface area contributed by atoms with Gasteiger partial charge in [0, 0.05) is 10.9 Å². The summed E-state index contributed by atoms with van der Waals surface area (Å²) in [6, 6.07) is 9.22. The Bertz CT molecular complexity index is 714. The summed E-state index contributed by atoms with van der Waals surface area (Å²) in [6.45, 7) is 17.3. The molecule has 3 rings (SSSR count). The Balaban J connectivity index is 2.20. The van der Waals surface area contributed by atoms with E-state index in [0.29, 0.717) is 0 Å². The van der Waals surface area contributed by atoms with Crippen LogP contribution in [0.25, 0.3) is 10.9 Å². The minimum atomic E-state index is -1.72. The van der Waals surface area contributed by atoms with Gasteiger partial charge in [-0.25, -0.2) is 0 Å². The monoisotopic (exact) mass is 370 g/mol. The van der Waals surface area contributed by atoms with Crippen molar-refractivity contribution in [2.75, 3.05) is 20.1 Å². The molecule has 1 saturated heterocycles. The molecule has 0 atom stereocenters. The van der Waals surface area contributed by atoms with Gasteiger partial charge in [0.2, 0.25) is 0 Å². The van der Waals surface area contributed by atoms with E-state index < -0.39 is 8.24 Å². The molecular weight excluding hydrogens is 332 g/mol. The van der Waals surface area contributed by atoms with E-state index in [0.717, 1.165) is 22.5 Å². The Morgan fingerprint density at radius 2 is 1.42 bits per heavy atom. The van der Waals surface area contributed by atoms with Gasteiger partial charge in [0.25, 0.3) is 0 Å². The van der Waals surface area contributed by atoms with Gasteiger partial charge in [-0.1, -0.05) is 59.7 Å². The largest absolute Gasteiger partial charge is 0.373 e. The highest BCUT2D eigenvalue weighted by Gasteiger charge is 2.46. The topological polar surface area (TPSA) is 8.17 Å². The predicted octanol–water partition coefficient (Wildman–Crippen LogP) is 6.47. The lowest BCUT2D eigenvalue weighted by Gasteiger charge is -2.44. The highest BCUT2D eigenvalue weighted by atomic mass is 28.3. The van der Waals surface area contributed by atoms with Gasteiger partial charge in [-0.3, -0.25) is 0 Å². The highest BCUT2D eigenvalue weighted by Crippen LogP contribution is 2.46. The predicted molar refractivity (Wildman–Crippen MR) is 118 cm³/mol. The van der Waals surface area contributed by atoms with Crippen LogP contribution in [-0.2, 0) is 0 Å². The molecule has 2 heterocycles. The molecule has 0 radical (unpaired) electrons. The van der Waals surface area contributed by atoms with Gasteiger partial charge < -0.3 is 9.13 Å². The molecule has 0 N–H and O–H groups in total. The van der Waals surface area contributed by atoms with E-state index >= 15 is 0 Å². The molecule has 144 valence electrons. The molecule has 0 aliphatic carbocycles. The Morgan fingerprint density at radius 1 is 0.885 bits per heavy atom. The van der Waals surface area contributed by atoms with Gasteiger partial charge in [0.15, 0.2) is 8.24 Å². The fraction of sp³-hybridized carbons (Fsp3) is 0.652. The normalized spacial score (nSPS) is 17.9. The number of benzene rings is 1. The first-order chi connectivity index (χ1) is 12.3. The molecule has 0 amide bonds. The summed E-state index contributed by atoms with van der Waals surface area (Å²) in [4.78, 5) is 2.48. The van der Waals surface area contributed by atoms with Gasteiger partial charge in [-0.05, 0) is 73.3 Å². The third kappa shape index (κ3) is 3.07. The SMILES string of the molecule is CC(C)[Si](C(C)C)(C(C)C)n1cc(C2CCN(C)CC2)c2ccccc21. The van der Waals surface area contributed by atoms with Crippen LogP contribution in [0.5, 0.6) is 0 Å². The summed E-state index contributed by atoms with van der Waals surface area (Å²) in [5.74, 6) is 0.718. The molecule has 3 heteroatoms. The lowest BCUT2D eigenvalue weighted by Crippen LogP contribution is -2.51. The van der Waals surface area contributed by atoms with Crippen molar-refractivity contribution >= 4 is 19.1 Å². The van der Waals surface area contributed by atoms with E-state index in [9.17, 15) is 0 Å². The second kappa shape index (κ2) is 7.51. The standard InChI is InChI=1S/C23H38N2Si/c1-17(2)26(18(3)4,19(5)6)25-16-22(20-12-14-24(7)15-13-20)21-10-8-9-11-23(21)25/h8-11,16-20H,12-15H2,1-7H3. The zero-order valence-electron chi connectivity index (χ0n) is 17.9. The molecule has 2 nitrogen and oxygen atoms in total. The van der Waals surface area contributed by atoms with Crippen LogP contribution in [0.3, 0.4) is 0 Å². The maximum Gasteiger partial charge on any atom is 0.169 e. The van der Waals surface area contributed by atoms with Crippen molar-refractivity contribution in [2.45, 2.75) is 76.9 Å². The molecule has 1 aliphatic heterocycles. The molecule has 0 bridgehead atoms. The molecule has 0 unspecified atom stereocenters. The summed E-state index contributed by atoms with van der Waals surface area (Å²) in [5, 5.41) is 1.51. The molecule has 2 aromatic rings. The minimum Gasteiger partial charge on any atom is -0.373 e. The van der Waals surface area contributed by atoms with Crippen molar-refractivity contribution < 1.29 is 0 Å². The van der Waals surface area contributed by atoms with E-state index in [-0.39, 0.29) is 0 Å². The van der Waals surface area contributed by atoms with E-state index in [2.05, 4.69) is 88.2 Å². The van der Waals surface area contributed by atoms with E-state index in [1.54, 1.807) is 5.56 Å². The molecule has 0 spiro atoms. The first-order valence-electron chi connectivity index (χ1n) is 10.6. The smallest absolute Gasteiger partial charge is 0.169 e. The molecule has 1 aliphatic rings. The van der Waals surface area contributed by atoms with Gasteiger partial charge >= 0.3 is 0 Å². The second-order valence-corrected chi connectivity index (χ2v) is 15.1. The number of hydrogen-bond donors (Lipinski definition) is 0. The first-order valence-corrected chi connectivity index (χ1v) is 12.8. The van der Waals surface area contributed by atoms with Gasteiger partial charge in [-0.15, -0.1) is 0 Å². The van der Waals surface area contributed by atoms with Crippen LogP contribution in [-0.4, -0.2) is 37.5 Å². The molecule has 26 heavy (non-hydrogen) atoms. The van der Waals surface area contributed by atoms with E-state index in [1.807, 2.05) is 0 Å². The van der Waals surface area contributed by atoms with Crippen molar-refractivity contribution in [1.29, 1.82) is 0 Å². The fourth-order valence-corrected chi connectivity index (χ4v) is 12.6. The summed E-state index contributed by atoms with van der Waals surface area (Å²) >= 11 is 0. The number of nitrogens with zero attached hydrogens (tertiary/aromatic N) is 2. The maximum absolute atomic E-state index is 2.82. The summed E-state index contributed by atoms with van der Waals surface area (Å²) in [6.07, 6.45) is 5.20. The zero-order valence-corrected chi connectivity index (χ0v) is 18.9. The second-order valence-electron chi connectivity index (χ2n) is 9.40. The van der Waals surface area contributed by atoms with Gasteiger partial charge in [0.1, 0.15) is 0 Å². The molecule has 0 saturated carbocycles. The van der Waals surface area contributed by atoms with E-state index in [1.165, 1.54) is 36.8 Å². The Hall–Kier alpha value is -1.06. The van der Waals surface area contributed by atoms with Crippen LogP contribution >= 0.6 is 0 Å². The lowest BCUT2D eigenvalue weighted by atomic mass is 9.89. The van der Waals surface area contributed by atoms with Crippen LogP contribution in [0.1, 0.15) is 65.9 Å². The number of hydrogen-bond acceptors (Lipinski definition) is 1. The van der Waals surface area contributed by atoms with Crippen molar-refractivity contribution in [3.63, 3.8) is 0 Å². The Labute approximate surface area is 161 Å². The van der Waals surface area contributed by atoms with Gasteiger partial charge in [-0.2, -0.15) is 0 Å². The molecule has 1 fully saturated rings. The van der Waals surface area contributed by atoms with Gasteiger partial charge in [0.05, 0.1) is 0 Å². The number of aromatic nitrogens is 1. The number of likely N-dealkylation sites (tertiary alicyclic amines) is 1. The Kier molecular flexibility index (Phi) is 5.69. The Morgan fingerprint density at radius 3 is 1.96 bits per heavy atom. The number of piperidine rings is 1. The van der Waals surface area contributed by atoms with Crippen LogP contribution in [0, 0.1) is 0 Å². The number of rotatable bonds is 5.